The van der Waals surface area contributed by atoms with E-state index in [4.69, 9.17) is 10.2 Å². The number of halogens is 1. The van der Waals surface area contributed by atoms with E-state index in [9.17, 15) is 14.4 Å². The van der Waals surface area contributed by atoms with Gasteiger partial charge < -0.3 is 15.1 Å². The van der Waals surface area contributed by atoms with Crippen LogP contribution < -0.4 is 4.90 Å². The number of carbonyl (C=O) groups is 3. The quantitative estimate of drug-likeness (QED) is 0.878. The van der Waals surface area contributed by atoms with Gasteiger partial charge in [0.2, 0.25) is 5.91 Å². The second-order valence-corrected chi connectivity index (χ2v) is 4.98. The van der Waals surface area contributed by atoms with Gasteiger partial charge in [-0.25, -0.2) is 4.79 Å². The summed E-state index contributed by atoms with van der Waals surface area (Å²) in [7, 11) is 0. The van der Waals surface area contributed by atoms with Crippen LogP contribution in [0.15, 0.2) is 22.7 Å². The third kappa shape index (κ3) is 2.46. The zero-order valence-corrected chi connectivity index (χ0v) is 11.3. The molecule has 1 heterocycles. The van der Waals surface area contributed by atoms with Crippen LogP contribution in [0.2, 0.25) is 0 Å². The van der Waals surface area contributed by atoms with Gasteiger partial charge in [0.25, 0.3) is 0 Å². The van der Waals surface area contributed by atoms with Crippen LogP contribution in [0.4, 0.5) is 5.69 Å². The van der Waals surface area contributed by atoms with Crippen molar-refractivity contribution in [3.8, 4) is 0 Å². The van der Waals surface area contributed by atoms with Crippen molar-refractivity contribution in [2.45, 2.75) is 6.42 Å². The number of rotatable bonds is 3. The lowest BCUT2D eigenvalue weighted by atomic mass is 10.1. The smallest absolute Gasteiger partial charge is 0.336 e. The van der Waals surface area contributed by atoms with Gasteiger partial charge in [-0.3, -0.25) is 9.59 Å². The SMILES string of the molecule is O=C(O)c1cccc(N2CC(C(=O)O)CC2=O)c1Br. The number of nitrogens with zero attached hydrogens (tertiary/aromatic N) is 1. The summed E-state index contributed by atoms with van der Waals surface area (Å²) in [6.45, 7) is 0.0514. The fourth-order valence-corrected chi connectivity index (χ4v) is 2.65. The third-order valence-corrected chi connectivity index (χ3v) is 3.81. The van der Waals surface area contributed by atoms with Gasteiger partial charge in [0.15, 0.2) is 0 Å². The molecule has 0 saturated carbocycles. The van der Waals surface area contributed by atoms with Gasteiger partial charge in [-0.2, -0.15) is 0 Å². The minimum absolute atomic E-state index is 0.0316. The van der Waals surface area contributed by atoms with E-state index < -0.39 is 17.9 Å². The molecule has 19 heavy (non-hydrogen) atoms. The molecule has 1 amide bonds. The van der Waals surface area contributed by atoms with E-state index in [1.165, 1.54) is 17.0 Å². The first-order chi connectivity index (χ1) is 8.91. The Morgan fingerprint density at radius 2 is 2.00 bits per heavy atom. The molecular weight excluding hydrogens is 318 g/mol. The summed E-state index contributed by atoms with van der Waals surface area (Å²) in [6.07, 6.45) is -0.0704. The van der Waals surface area contributed by atoms with Gasteiger partial charge in [0.1, 0.15) is 0 Å². The first-order valence-electron chi connectivity index (χ1n) is 5.46. The zero-order chi connectivity index (χ0) is 14.2. The molecule has 1 aliphatic rings. The Balaban J connectivity index is 2.38. The van der Waals surface area contributed by atoms with Crippen LogP contribution in [0.1, 0.15) is 16.8 Å². The Morgan fingerprint density at radius 1 is 1.32 bits per heavy atom. The Bertz CT molecular complexity index is 571. The predicted octanol–water partition coefficient (Wildman–Crippen LogP) is 1.58. The summed E-state index contributed by atoms with van der Waals surface area (Å²) in [4.78, 5) is 35.0. The van der Waals surface area contributed by atoms with Crippen LogP contribution in [0, 0.1) is 5.92 Å². The molecule has 6 nitrogen and oxygen atoms in total. The van der Waals surface area contributed by atoms with Crippen molar-refractivity contribution < 1.29 is 24.6 Å². The lowest BCUT2D eigenvalue weighted by molar-refractivity contribution is -0.141. The highest BCUT2D eigenvalue weighted by molar-refractivity contribution is 9.10. The summed E-state index contributed by atoms with van der Waals surface area (Å²) in [5.74, 6) is -3.22. The average molecular weight is 328 g/mol. The van der Waals surface area contributed by atoms with Crippen molar-refractivity contribution in [2.24, 2.45) is 5.92 Å². The fourth-order valence-electron chi connectivity index (χ4n) is 2.00. The summed E-state index contributed by atoms with van der Waals surface area (Å²) in [6, 6.07) is 4.51. The second-order valence-electron chi connectivity index (χ2n) is 4.19. The molecule has 0 aliphatic carbocycles. The summed E-state index contributed by atoms with van der Waals surface area (Å²) in [5.41, 5.74) is 0.415. The van der Waals surface area contributed by atoms with Crippen molar-refractivity contribution >= 4 is 39.5 Å². The number of aromatic carboxylic acids is 1. The molecule has 100 valence electrons. The Kier molecular flexibility index (Phi) is 3.57. The van der Waals surface area contributed by atoms with Crippen molar-refractivity contribution in [1.29, 1.82) is 0 Å². The molecule has 0 aromatic heterocycles. The van der Waals surface area contributed by atoms with E-state index in [-0.39, 0.29) is 28.9 Å². The molecule has 1 aromatic carbocycles. The molecule has 1 aromatic rings. The third-order valence-electron chi connectivity index (χ3n) is 2.97. The first-order valence-corrected chi connectivity index (χ1v) is 6.26. The molecule has 0 spiro atoms. The average Bonchev–Trinajstić information content (AvgIpc) is 2.71. The highest BCUT2D eigenvalue weighted by Gasteiger charge is 2.36. The second kappa shape index (κ2) is 5.00. The largest absolute Gasteiger partial charge is 0.481 e. The van der Waals surface area contributed by atoms with Gasteiger partial charge in [-0.15, -0.1) is 0 Å². The number of carbonyl (C=O) groups excluding carboxylic acids is 1. The van der Waals surface area contributed by atoms with E-state index in [1.54, 1.807) is 6.07 Å². The molecule has 0 bridgehead atoms. The molecule has 0 radical (unpaired) electrons. The van der Waals surface area contributed by atoms with Gasteiger partial charge in [0, 0.05) is 13.0 Å². The number of carboxylic acids is 2. The number of carboxylic acid groups (broad SMARTS) is 2. The maximum atomic E-state index is 11.8. The predicted molar refractivity (Wildman–Crippen MR) is 69.2 cm³/mol. The maximum absolute atomic E-state index is 11.8. The standard InChI is InChI=1S/C12H10BrNO5/c13-10-7(12(18)19)2-1-3-8(10)14-5-6(11(16)17)4-9(14)15/h1-3,6H,4-5H2,(H,16,17)(H,18,19). The molecule has 7 heteroatoms. The zero-order valence-electron chi connectivity index (χ0n) is 9.67. The minimum Gasteiger partial charge on any atom is -0.481 e. The molecule has 2 N–H and O–H groups in total. The normalized spacial score (nSPS) is 18.7. The lowest BCUT2D eigenvalue weighted by Gasteiger charge is -2.18. The van der Waals surface area contributed by atoms with Crippen molar-refractivity contribution in [3.63, 3.8) is 0 Å². The highest BCUT2D eigenvalue weighted by Crippen LogP contribution is 2.33. The lowest BCUT2D eigenvalue weighted by Crippen LogP contribution is -2.26. The monoisotopic (exact) mass is 327 g/mol. The van der Waals surface area contributed by atoms with Crippen LogP contribution in [0.5, 0.6) is 0 Å². The molecule has 2 rings (SSSR count). The molecular formula is C12H10BrNO5. The van der Waals surface area contributed by atoms with Gasteiger partial charge in [-0.05, 0) is 28.1 Å². The van der Waals surface area contributed by atoms with Crippen molar-refractivity contribution in [1.82, 2.24) is 0 Å². The van der Waals surface area contributed by atoms with E-state index in [1.807, 2.05) is 0 Å². The summed E-state index contributed by atoms with van der Waals surface area (Å²) in [5, 5.41) is 17.9. The van der Waals surface area contributed by atoms with Gasteiger partial charge in [0.05, 0.1) is 21.6 Å². The van der Waals surface area contributed by atoms with Crippen LogP contribution in [-0.2, 0) is 9.59 Å². The van der Waals surface area contributed by atoms with Crippen molar-refractivity contribution in [2.75, 3.05) is 11.4 Å². The Morgan fingerprint density at radius 3 is 2.53 bits per heavy atom. The molecule has 1 aliphatic heterocycles. The van der Waals surface area contributed by atoms with Crippen LogP contribution in [0.3, 0.4) is 0 Å². The van der Waals surface area contributed by atoms with E-state index in [2.05, 4.69) is 15.9 Å². The Hall–Kier alpha value is -1.89. The van der Waals surface area contributed by atoms with Gasteiger partial charge in [-0.1, -0.05) is 6.07 Å². The number of benzene rings is 1. The van der Waals surface area contributed by atoms with Crippen molar-refractivity contribution in [3.05, 3.63) is 28.2 Å². The number of amides is 1. The summed E-state index contributed by atoms with van der Waals surface area (Å²) >= 11 is 3.15. The van der Waals surface area contributed by atoms with Crippen LogP contribution in [0.25, 0.3) is 0 Å². The summed E-state index contributed by atoms with van der Waals surface area (Å²) < 4.78 is 0.280. The molecule has 1 fully saturated rings. The van der Waals surface area contributed by atoms with E-state index in [0.717, 1.165) is 0 Å². The maximum Gasteiger partial charge on any atom is 0.336 e. The highest BCUT2D eigenvalue weighted by atomic mass is 79.9. The minimum atomic E-state index is -1.12. The Labute approximate surface area is 116 Å². The van der Waals surface area contributed by atoms with Crippen LogP contribution >= 0.6 is 15.9 Å². The molecule has 1 unspecified atom stereocenters. The number of anilines is 1. The number of hydrogen-bond acceptors (Lipinski definition) is 3. The topological polar surface area (TPSA) is 94.9 Å². The molecule has 1 atom stereocenters. The van der Waals surface area contributed by atoms with E-state index in [0.29, 0.717) is 5.69 Å². The van der Waals surface area contributed by atoms with Gasteiger partial charge >= 0.3 is 11.9 Å². The fraction of sp³-hybridized carbons (Fsp3) is 0.250. The number of hydrogen-bond donors (Lipinski definition) is 2. The van der Waals surface area contributed by atoms with E-state index >= 15 is 0 Å². The van der Waals surface area contributed by atoms with Crippen LogP contribution in [-0.4, -0.2) is 34.6 Å². The first kappa shape index (κ1) is 13.5. The molecule has 1 saturated heterocycles. The number of aliphatic carboxylic acids is 1.